The number of rotatable bonds is 3. The Morgan fingerprint density at radius 2 is 2.27 bits per heavy atom. The van der Waals surface area contributed by atoms with Crippen molar-refractivity contribution in [1.82, 2.24) is 9.55 Å². The normalized spacial score (nSPS) is 10.9. The van der Waals surface area contributed by atoms with E-state index >= 15 is 0 Å². The molecule has 2 rings (SSSR count). The van der Waals surface area contributed by atoms with E-state index in [0.717, 1.165) is 18.6 Å². The van der Waals surface area contributed by atoms with Gasteiger partial charge < -0.3 is 8.98 Å². The summed E-state index contributed by atoms with van der Waals surface area (Å²) in [5, 5.41) is 0. The van der Waals surface area contributed by atoms with Crippen LogP contribution in [-0.2, 0) is 19.9 Å². The van der Waals surface area contributed by atoms with Crippen molar-refractivity contribution in [3.63, 3.8) is 0 Å². The molecule has 80 valence electrons. The number of aromatic nitrogens is 2. The molecule has 3 heteroatoms. The Kier molecular flexibility index (Phi) is 2.62. The molecule has 0 aliphatic rings. The first-order valence-electron chi connectivity index (χ1n) is 5.23. The first kappa shape index (κ1) is 10.0. The van der Waals surface area contributed by atoms with Crippen LogP contribution in [-0.4, -0.2) is 9.55 Å². The van der Waals surface area contributed by atoms with Gasteiger partial charge in [-0.1, -0.05) is 6.92 Å². The third-order valence-electron chi connectivity index (χ3n) is 2.83. The van der Waals surface area contributed by atoms with E-state index in [2.05, 4.69) is 11.9 Å². The van der Waals surface area contributed by atoms with Crippen LogP contribution >= 0.6 is 0 Å². The first-order valence-corrected chi connectivity index (χ1v) is 5.23. The maximum Gasteiger partial charge on any atom is 0.104 e. The third-order valence-corrected chi connectivity index (χ3v) is 2.83. The van der Waals surface area contributed by atoms with Gasteiger partial charge in [-0.15, -0.1) is 0 Å². The lowest BCUT2D eigenvalue weighted by molar-refractivity contribution is 0.528. The third kappa shape index (κ3) is 1.82. The molecule has 0 amide bonds. The Bertz CT molecular complexity index is 454. The molecule has 2 aromatic heterocycles. The van der Waals surface area contributed by atoms with Crippen LogP contribution in [0.5, 0.6) is 0 Å². The highest BCUT2D eigenvalue weighted by molar-refractivity contribution is 5.30. The summed E-state index contributed by atoms with van der Waals surface area (Å²) in [6.07, 6.45) is 7.52. The number of hydrogen-bond donors (Lipinski definition) is 0. The minimum atomic E-state index is 0.900. The predicted molar refractivity (Wildman–Crippen MR) is 58.8 cm³/mol. The van der Waals surface area contributed by atoms with Crippen LogP contribution in [0.2, 0.25) is 0 Å². The van der Waals surface area contributed by atoms with Crippen LogP contribution in [0.3, 0.4) is 0 Å². The van der Waals surface area contributed by atoms with Crippen LogP contribution in [0.15, 0.2) is 23.2 Å². The van der Waals surface area contributed by atoms with Crippen LogP contribution in [0.25, 0.3) is 0 Å². The second kappa shape index (κ2) is 3.93. The smallest absolute Gasteiger partial charge is 0.104 e. The van der Waals surface area contributed by atoms with E-state index in [1.807, 2.05) is 37.3 Å². The van der Waals surface area contributed by atoms with E-state index in [0.29, 0.717) is 0 Å². The molecule has 0 aromatic carbocycles. The molecule has 2 heterocycles. The number of furan rings is 1. The van der Waals surface area contributed by atoms with Gasteiger partial charge in [0, 0.05) is 25.4 Å². The second-order valence-electron chi connectivity index (χ2n) is 3.82. The van der Waals surface area contributed by atoms with Crippen LogP contribution in [0.1, 0.15) is 29.5 Å². The minimum Gasteiger partial charge on any atom is -0.469 e. The molecule has 0 atom stereocenters. The van der Waals surface area contributed by atoms with Gasteiger partial charge in [0.25, 0.3) is 0 Å². The van der Waals surface area contributed by atoms with E-state index in [4.69, 9.17) is 4.42 Å². The summed E-state index contributed by atoms with van der Waals surface area (Å²) in [6, 6.07) is 0. The molecule has 0 bridgehead atoms. The molecule has 0 spiro atoms. The molecular weight excluding hydrogens is 188 g/mol. The lowest BCUT2D eigenvalue weighted by atomic mass is 10.0. The number of nitrogens with zero attached hydrogens (tertiary/aromatic N) is 2. The summed E-state index contributed by atoms with van der Waals surface area (Å²) < 4.78 is 7.49. The van der Waals surface area contributed by atoms with Gasteiger partial charge in [-0.25, -0.2) is 4.98 Å². The fourth-order valence-corrected chi connectivity index (χ4v) is 1.90. The van der Waals surface area contributed by atoms with Gasteiger partial charge in [0.15, 0.2) is 0 Å². The zero-order chi connectivity index (χ0) is 10.8. The maximum absolute atomic E-state index is 5.45. The molecular formula is C12H16N2O. The average molecular weight is 204 g/mol. The molecule has 0 saturated carbocycles. The zero-order valence-electron chi connectivity index (χ0n) is 9.45. The maximum atomic E-state index is 5.45. The standard InChI is InChI=1S/C12H16N2O/c1-4-12-9(2)15-7-10(12)5-11-6-13-8-14(11)3/h6-8H,4-5H2,1-3H3. The van der Waals surface area contributed by atoms with E-state index < -0.39 is 0 Å². The summed E-state index contributed by atoms with van der Waals surface area (Å²) in [5.74, 6) is 1.04. The van der Waals surface area contributed by atoms with Crippen molar-refractivity contribution in [2.45, 2.75) is 26.7 Å². The molecule has 2 aromatic rings. The Labute approximate surface area is 89.7 Å². The van der Waals surface area contributed by atoms with Crippen molar-refractivity contribution in [3.8, 4) is 0 Å². The van der Waals surface area contributed by atoms with Gasteiger partial charge in [-0.05, 0) is 24.5 Å². The average Bonchev–Trinajstić information content (AvgIpc) is 2.76. The van der Waals surface area contributed by atoms with E-state index in [-0.39, 0.29) is 0 Å². The predicted octanol–water partition coefficient (Wildman–Crippen LogP) is 2.47. The van der Waals surface area contributed by atoms with Crippen molar-refractivity contribution in [1.29, 1.82) is 0 Å². The highest BCUT2D eigenvalue weighted by Gasteiger charge is 2.10. The Morgan fingerprint density at radius 1 is 1.47 bits per heavy atom. The fourth-order valence-electron chi connectivity index (χ4n) is 1.90. The molecule has 15 heavy (non-hydrogen) atoms. The molecule has 3 nitrogen and oxygen atoms in total. The van der Waals surface area contributed by atoms with Crippen molar-refractivity contribution in [2.75, 3.05) is 0 Å². The molecule has 0 aliphatic carbocycles. The Balaban J connectivity index is 2.28. The quantitative estimate of drug-likeness (QED) is 0.769. The molecule has 0 unspecified atom stereocenters. The molecule has 0 saturated heterocycles. The first-order chi connectivity index (χ1) is 7.22. The summed E-state index contributed by atoms with van der Waals surface area (Å²) >= 11 is 0. The van der Waals surface area contributed by atoms with Gasteiger partial charge in [-0.3, -0.25) is 0 Å². The van der Waals surface area contributed by atoms with E-state index in [1.165, 1.54) is 16.8 Å². The van der Waals surface area contributed by atoms with Gasteiger partial charge in [0.1, 0.15) is 5.76 Å². The summed E-state index contributed by atoms with van der Waals surface area (Å²) in [4.78, 5) is 4.11. The van der Waals surface area contributed by atoms with Gasteiger partial charge in [-0.2, -0.15) is 0 Å². The van der Waals surface area contributed by atoms with Crippen LogP contribution in [0.4, 0.5) is 0 Å². The molecule has 0 N–H and O–H groups in total. The topological polar surface area (TPSA) is 31.0 Å². The van der Waals surface area contributed by atoms with Crippen molar-refractivity contribution < 1.29 is 4.42 Å². The molecule has 0 fully saturated rings. The van der Waals surface area contributed by atoms with Crippen molar-refractivity contribution >= 4 is 0 Å². The Morgan fingerprint density at radius 3 is 2.87 bits per heavy atom. The number of imidazole rings is 1. The van der Waals surface area contributed by atoms with Crippen LogP contribution in [0, 0.1) is 6.92 Å². The van der Waals surface area contributed by atoms with Crippen molar-refractivity contribution in [2.24, 2.45) is 7.05 Å². The Hall–Kier alpha value is -1.51. The van der Waals surface area contributed by atoms with E-state index in [1.54, 1.807) is 0 Å². The van der Waals surface area contributed by atoms with Crippen molar-refractivity contribution in [3.05, 3.63) is 41.4 Å². The largest absolute Gasteiger partial charge is 0.469 e. The number of hydrogen-bond acceptors (Lipinski definition) is 2. The highest BCUT2D eigenvalue weighted by atomic mass is 16.3. The molecule has 0 radical (unpaired) electrons. The number of aryl methyl sites for hydroxylation is 2. The van der Waals surface area contributed by atoms with Gasteiger partial charge >= 0.3 is 0 Å². The summed E-state index contributed by atoms with van der Waals surface area (Å²) in [5.41, 5.74) is 3.82. The second-order valence-corrected chi connectivity index (χ2v) is 3.82. The minimum absolute atomic E-state index is 0.900. The van der Waals surface area contributed by atoms with Gasteiger partial charge in [0.2, 0.25) is 0 Å². The molecule has 0 aliphatic heterocycles. The summed E-state index contributed by atoms with van der Waals surface area (Å²) in [6.45, 7) is 4.18. The SMILES string of the molecule is CCc1c(Cc2cncn2C)coc1C. The van der Waals surface area contributed by atoms with E-state index in [9.17, 15) is 0 Å². The fraction of sp³-hybridized carbons (Fsp3) is 0.417. The van der Waals surface area contributed by atoms with Gasteiger partial charge in [0.05, 0.1) is 12.6 Å². The lowest BCUT2D eigenvalue weighted by Gasteiger charge is -2.02. The zero-order valence-corrected chi connectivity index (χ0v) is 9.45. The van der Waals surface area contributed by atoms with Crippen LogP contribution < -0.4 is 0 Å². The highest BCUT2D eigenvalue weighted by Crippen LogP contribution is 2.20. The summed E-state index contributed by atoms with van der Waals surface area (Å²) in [7, 11) is 2.01. The monoisotopic (exact) mass is 204 g/mol. The lowest BCUT2D eigenvalue weighted by Crippen LogP contribution is -1.97.